The van der Waals surface area contributed by atoms with Gasteiger partial charge in [-0.05, 0) is 24.0 Å². The molecule has 3 rings (SSSR count). The average Bonchev–Trinajstić information content (AvgIpc) is 2.81. The molecule has 0 radical (unpaired) electrons. The number of hydrogen-bond donors (Lipinski definition) is 11. The van der Waals surface area contributed by atoms with Crippen molar-refractivity contribution >= 4 is 0 Å². The lowest BCUT2D eigenvalue weighted by Crippen LogP contribution is -2.13. The van der Waals surface area contributed by atoms with Crippen molar-refractivity contribution < 1.29 is 56.2 Å². The number of phenolic OH excluding ortho intramolecular Hbond substituents is 10. The fourth-order valence-electron chi connectivity index (χ4n) is 3.60. The minimum atomic E-state index is -2.05. The van der Waals surface area contributed by atoms with Gasteiger partial charge < -0.3 is 56.2 Å². The van der Waals surface area contributed by atoms with Crippen LogP contribution >= 0.6 is 0 Å². The molecule has 176 valence electrons. The summed E-state index contributed by atoms with van der Waals surface area (Å²) in [5, 5.41) is 113. The summed E-state index contributed by atoms with van der Waals surface area (Å²) in [4.78, 5) is 11.7. The molecule has 2 atom stereocenters. The van der Waals surface area contributed by atoms with E-state index in [1.54, 1.807) is 0 Å². The molecule has 1 aliphatic rings. The maximum absolute atomic E-state index is 11.7. The van der Waals surface area contributed by atoms with E-state index in [2.05, 4.69) is 5.18 Å². The predicted molar refractivity (Wildman–Crippen MR) is 108 cm³/mol. The molecule has 13 nitrogen and oxygen atoms in total. The molecule has 0 aromatic heterocycles. The summed E-state index contributed by atoms with van der Waals surface area (Å²) >= 11 is 0. The van der Waals surface area contributed by atoms with Gasteiger partial charge in [-0.25, -0.2) is 0 Å². The van der Waals surface area contributed by atoms with Gasteiger partial charge in [0.15, 0.2) is 23.0 Å². The van der Waals surface area contributed by atoms with E-state index >= 15 is 0 Å². The van der Waals surface area contributed by atoms with Crippen molar-refractivity contribution in [3.8, 4) is 57.5 Å². The maximum Gasteiger partial charge on any atom is 0.208 e. The van der Waals surface area contributed by atoms with Crippen LogP contribution in [0.15, 0.2) is 28.5 Å². The summed E-state index contributed by atoms with van der Waals surface area (Å²) in [6.45, 7) is 0. The first-order valence-corrected chi connectivity index (χ1v) is 9.23. The van der Waals surface area contributed by atoms with Gasteiger partial charge in [0.1, 0.15) is 12.1 Å². The Kier molecular flexibility index (Phi) is 5.75. The Labute approximate surface area is 183 Å². The molecule has 33 heavy (non-hydrogen) atoms. The van der Waals surface area contributed by atoms with Crippen LogP contribution in [-0.2, 0) is 0 Å². The van der Waals surface area contributed by atoms with Crippen molar-refractivity contribution in [2.45, 2.75) is 25.0 Å². The molecule has 2 aromatic rings. The summed E-state index contributed by atoms with van der Waals surface area (Å²) < 4.78 is 0. The molecule has 0 fully saturated rings. The second-order valence-corrected chi connectivity index (χ2v) is 7.12. The molecule has 2 aromatic carbocycles. The summed E-state index contributed by atoms with van der Waals surface area (Å²) in [5.74, 6) is -12.3. The molecule has 1 aliphatic carbocycles. The lowest BCUT2D eigenvalue weighted by atomic mass is 9.82. The largest absolute Gasteiger partial charge is 0.504 e. The van der Waals surface area contributed by atoms with Crippen LogP contribution in [0.2, 0.25) is 0 Å². The average molecular weight is 465 g/mol. The van der Waals surface area contributed by atoms with Gasteiger partial charge in [-0.2, -0.15) is 0 Å². The first-order valence-electron chi connectivity index (χ1n) is 9.23. The van der Waals surface area contributed by atoms with Crippen molar-refractivity contribution in [2.24, 2.45) is 5.18 Å². The molecule has 13 heteroatoms. The van der Waals surface area contributed by atoms with E-state index in [-0.39, 0.29) is 24.0 Å². The number of benzene rings is 2. The van der Waals surface area contributed by atoms with Gasteiger partial charge in [0.05, 0.1) is 11.1 Å². The Hall–Kier alpha value is -4.52. The number of phenols is 10. The Morgan fingerprint density at radius 2 is 0.879 bits per heavy atom. The number of aliphatic hydroxyl groups is 1. The second kappa shape index (κ2) is 8.20. The fourth-order valence-corrected chi connectivity index (χ4v) is 3.60. The summed E-state index contributed by atoms with van der Waals surface area (Å²) in [5.41, 5.74) is -2.14. The van der Waals surface area contributed by atoms with Crippen LogP contribution in [0.4, 0.5) is 0 Å². The summed E-state index contributed by atoms with van der Waals surface area (Å²) in [6, 6.07) is -1.90. The monoisotopic (exact) mass is 465 g/mol. The van der Waals surface area contributed by atoms with E-state index in [4.69, 9.17) is 0 Å². The quantitative estimate of drug-likeness (QED) is 0.172. The standard InChI is InChI=1S/C20H19NO12/c22-10(8-13(25)17(29)20(32)18(30)14(8)26)6-4-2-1-3-5(6)9(21-33)7-11(23)15(27)19(31)16(28)12(7)24/h3-4,9-10,22-32H,1-2H2. The zero-order chi connectivity index (χ0) is 24.8. The van der Waals surface area contributed by atoms with E-state index in [1.165, 1.54) is 12.2 Å². The number of nitrogens with zero attached hydrogens (tertiary/aromatic N) is 1. The molecule has 0 saturated carbocycles. The van der Waals surface area contributed by atoms with E-state index in [9.17, 15) is 61.1 Å². The number of rotatable bonds is 5. The molecule has 0 aliphatic heterocycles. The predicted octanol–water partition coefficient (Wildman–Crippen LogP) is 1.93. The van der Waals surface area contributed by atoms with Gasteiger partial charge in [-0.1, -0.05) is 17.3 Å². The van der Waals surface area contributed by atoms with Gasteiger partial charge >= 0.3 is 0 Å². The number of aliphatic hydroxyl groups excluding tert-OH is 1. The number of hydrogen-bond acceptors (Lipinski definition) is 13. The van der Waals surface area contributed by atoms with Crippen molar-refractivity contribution in [1.82, 2.24) is 0 Å². The first kappa shape index (κ1) is 23.1. The number of aromatic hydroxyl groups is 10. The molecule has 0 saturated heterocycles. The van der Waals surface area contributed by atoms with E-state index in [1.807, 2.05) is 0 Å². The van der Waals surface area contributed by atoms with Crippen LogP contribution in [-0.4, -0.2) is 56.2 Å². The number of allylic oxidation sites excluding steroid dienone is 2. The van der Waals surface area contributed by atoms with Crippen LogP contribution in [0.25, 0.3) is 0 Å². The molecule has 11 N–H and O–H groups in total. The van der Waals surface area contributed by atoms with Gasteiger partial charge in [0.25, 0.3) is 0 Å². The summed E-state index contributed by atoms with van der Waals surface area (Å²) in [6.07, 6.45) is 1.11. The highest BCUT2D eigenvalue weighted by molar-refractivity contribution is 5.72. The molecular formula is C20H19NO12. The third-order valence-electron chi connectivity index (χ3n) is 5.28. The van der Waals surface area contributed by atoms with Gasteiger partial charge in [0.2, 0.25) is 34.5 Å². The molecule has 2 unspecified atom stereocenters. The highest BCUT2D eigenvalue weighted by atomic mass is 16.4. The Morgan fingerprint density at radius 1 is 0.545 bits per heavy atom. The van der Waals surface area contributed by atoms with Crippen LogP contribution in [0.3, 0.4) is 0 Å². The van der Waals surface area contributed by atoms with Crippen LogP contribution in [0.5, 0.6) is 57.5 Å². The van der Waals surface area contributed by atoms with Crippen molar-refractivity contribution in [3.63, 3.8) is 0 Å². The van der Waals surface area contributed by atoms with Gasteiger partial charge in [-0.3, -0.25) is 0 Å². The summed E-state index contributed by atoms with van der Waals surface area (Å²) in [7, 11) is 0. The zero-order valence-electron chi connectivity index (χ0n) is 16.5. The van der Waals surface area contributed by atoms with Gasteiger partial charge in [0, 0.05) is 0 Å². The first-order chi connectivity index (χ1) is 15.4. The third kappa shape index (κ3) is 3.40. The van der Waals surface area contributed by atoms with E-state index < -0.39 is 80.8 Å². The number of nitroso groups, excluding NO2 is 1. The van der Waals surface area contributed by atoms with Crippen LogP contribution in [0, 0.1) is 4.91 Å². The zero-order valence-corrected chi connectivity index (χ0v) is 16.5. The fraction of sp³-hybridized carbons (Fsp3) is 0.200. The molecule has 0 bridgehead atoms. The second-order valence-electron chi connectivity index (χ2n) is 7.12. The highest BCUT2D eigenvalue weighted by Crippen LogP contribution is 2.58. The molecule has 0 spiro atoms. The minimum absolute atomic E-state index is 0.218. The maximum atomic E-state index is 11.7. The van der Waals surface area contributed by atoms with Crippen molar-refractivity contribution in [2.75, 3.05) is 0 Å². The SMILES string of the molecule is O=NC(C1=CCCC=C1C(O)c1c(O)c(O)c(O)c(O)c1O)c1c(O)c(O)c(O)c(O)c1O. The lowest BCUT2D eigenvalue weighted by Gasteiger charge is -2.26. The topological polar surface area (TPSA) is 252 Å². The molecular weight excluding hydrogens is 446 g/mol. The Bertz CT molecular complexity index is 1160. The van der Waals surface area contributed by atoms with E-state index in [0.717, 1.165) is 0 Å². The molecule has 0 heterocycles. The van der Waals surface area contributed by atoms with Crippen molar-refractivity contribution in [3.05, 3.63) is 39.3 Å². The van der Waals surface area contributed by atoms with Crippen LogP contribution in [0.1, 0.15) is 36.1 Å². The normalized spacial score (nSPS) is 15.4. The third-order valence-corrected chi connectivity index (χ3v) is 5.28. The highest BCUT2D eigenvalue weighted by Gasteiger charge is 2.37. The van der Waals surface area contributed by atoms with Crippen molar-refractivity contribution in [1.29, 1.82) is 0 Å². The molecule has 0 amide bonds. The lowest BCUT2D eigenvalue weighted by molar-refractivity contribution is 0.202. The Balaban J connectivity index is 2.19. The van der Waals surface area contributed by atoms with E-state index in [0.29, 0.717) is 0 Å². The smallest absolute Gasteiger partial charge is 0.208 e. The minimum Gasteiger partial charge on any atom is -0.504 e. The van der Waals surface area contributed by atoms with Gasteiger partial charge in [-0.15, -0.1) is 4.91 Å². The Morgan fingerprint density at radius 3 is 1.27 bits per heavy atom. The van der Waals surface area contributed by atoms with Crippen LogP contribution < -0.4 is 0 Å².